The molecular formula is C23H23N3O2. The van der Waals surface area contributed by atoms with Crippen molar-refractivity contribution in [2.24, 2.45) is 0 Å². The van der Waals surface area contributed by atoms with Crippen molar-refractivity contribution >= 4 is 5.69 Å². The summed E-state index contributed by atoms with van der Waals surface area (Å²) in [6.45, 7) is 4.99. The predicted octanol–water partition coefficient (Wildman–Crippen LogP) is 5.07. The SMILES string of the molecule is CC(C)(c1cccc(Oc2ccccn2)c1)N1C=CN(c2ccccc2O)C1. The lowest BCUT2D eigenvalue weighted by Gasteiger charge is -2.37. The number of rotatable bonds is 5. The molecule has 0 atom stereocenters. The van der Waals surface area contributed by atoms with Gasteiger partial charge in [-0.15, -0.1) is 0 Å². The molecular weight excluding hydrogens is 350 g/mol. The van der Waals surface area contributed by atoms with E-state index in [0.29, 0.717) is 12.5 Å². The summed E-state index contributed by atoms with van der Waals surface area (Å²) < 4.78 is 5.89. The number of phenolic OH excluding ortho intramolecular Hbond substituents is 1. The molecule has 0 saturated heterocycles. The van der Waals surface area contributed by atoms with Gasteiger partial charge in [-0.2, -0.15) is 0 Å². The van der Waals surface area contributed by atoms with Crippen LogP contribution in [0.4, 0.5) is 5.69 Å². The maximum atomic E-state index is 10.1. The maximum absolute atomic E-state index is 10.1. The van der Waals surface area contributed by atoms with E-state index in [4.69, 9.17) is 4.74 Å². The summed E-state index contributed by atoms with van der Waals surface area (Å²) in [4.78, 5) is 8.49. The van der Waals surface area contributed by atoms with Gasteiger partial charge in [-0.05, 0) is 49.7 Å². The molecule has 0 fully saturated rings. The van der Waals surface area contributed by atoms with E-state index in [9.17, 15) is 5.11 Å². The number of benzene rings is 2. The average Bonchev–Trinajstić information content (AvgIpc) is 3.20. The van der Waals surface area contributed by atoms with E-state index in [1.165, 1.54) is 0 Å². The Morgan fingerprint density at radius 3 is 2.57 bits per heavy atom. The number of ether oxygens (including phenoxy) is 1. The number of anilines is 1. The van der Waals surface area contributed by atoms with Crippen LogP contribution < -0.4 is 9.64 Å². The molecule has 0 aliphatic carbocycles. The molecule has 4 rings (SSSR count). The summed E-state index contributed by atoms with van der Waals surface area (Å²) in [7, 11) is 0. The predicted molar refractivity (Wildman–Crippen MR) is 110 cm³/mol. The third-order valence-electron chi connectivity index (χ3n) is 5.04. The molecule has 0 bridgehead atoms. The van der Waals surface area contributed by atoms with Gasteiger partial charge in [0.05, 0.1) is 17.9 Å². The van der Waals surface area contributed by atoms with Gasteiger partial charge in [0, 0.05) is 24.7 Å². The normalized spacial score (nSPS) is 13.8. The second kappa shape index (κ2) is 7.27. The molecule has 0 spiro atoms. The van der Waals surface area contributed by atoms with E-state index in [-0.39, 0.29) is 11.3 Å². The van der Waals surface area contributed by atoms with Crippen molar-refractivity contribution in [1.29, 1.82) is 0 Å². The number of hydrogen-bond donors (Lipinski definition) is 1. The Balaban J connectivity index is 1.53. The van der Waals surface area contributed by atoms with Gasteiger partial charge in [0.2, 0.25) is 5.88 Å². The van der Waals surface area contributed by atoms with Crippen molar-refractivity contribution in [3.05, 3.63) is 90.9 Å². The van der Waals surface area contributed by atoms with Crippen molar-refractivity contribution in [3.8, 4) is 17.4 Å². The molecule has 28 heavy (non-hydrogen) atoms. The number of aromatic hydroxyl groups is 1. The van der Waals surface area contributed by atoms with Gasteiger partial charge in [-0.1, -0.05) is 30.3 Å². The van der Waals surface area contributed by atoms with Gasteiger partial charge in [0.25, 0.3) is 0 Å². The van der Waals surface area contributed by atoms with Crippen molar-refractivity contribution in [3.63, 3.8) is 0 Å². The molecule has 1 aromatic heterocycles. The van der Waals surface area contributed by atoms with Gasteiger partial charge < -0.3 is 19.6 Å². The monoisotopic (exact) mass is 373 g/mol. The molecule has 0 saturated carbocycles. The molecule has 2 aromatic carbocycles. The van der Waals surface area contributed by atoms with E-state index in [1.807, 2.05) is 65.7 Å². The Bertz CT molecular complexity index is 986. The lowest BCUT2D eigenvalue weighted by Crippen LogP contribution is -2.39. The fourth-order valence-electron chi connectivity index (χ4n) is 3.28. The Morgan fingerprint density at radius 1 is 0.964 bits per heavy atom. The summed E-state index contributed by atoms with van der Waals surface area (Å²) in [6.07, 6.45) is 5.76. The third-order valence-corrected chi connectivity index (χ3v) is 5.04. The fourth-order valence-corrected chi connectivity index (χ4v) is 3.28. The number of phenols is 1. The second-order valence-corrected chi connectivity index (χ2v) is 7.22. The average molecular weight is 373 g/mol. The van der Waals surface area contributed by atoms with E-state index < -0.39 is 0 Å². The van der Waals surface area contributed by atoms with Crippen LogP contribution in [0.5, 0.6) is 17.4 Å². The molecule has 5 nitrogen and oxygen atoms in total. The summed E-state index contributed by atoms with van der Waals surface area (Å²) in [5.74, 6) is 1.60. The van der Waals surface area contributed by atoms with Crippen LogP contribution in [0, 0.1) is 0 Å². The number of hydrogen-bond acceptors (Lipinski definition) is 5. The highest BCUT2D eigenvalue weighted by molar-refractivity contribution is 5.60. The maximum Gasteiger partial charge on any atom is 0.219 e. The molecule has 2 heterocycles. The van der Waals surface area contributed by atoms with Gasteiger partial charge in [-0.3, -0.25) is 0 Å². The largest absolute Gasteiger partial charge is 0.506 e. The van der Waals surface area contributed by atoms with Crippen molar-refractivity contribution in [1.82, 2.24) is 9.88 Å². The zero-order chi connectivity index (χ0) is 19.6. The standard InChI is InChI=1S/C23H23N3O2/c1-23(2,26-15-14-25(17-26)20-10-3-4-11-21(20)27)18-8-7-9-19(16-18)28-22-12-5-6-13-24-22/h3-16,27H,17H2,1-2H3. The summed E-state index contributed by atoms with van der Waals surface area (Å²) in [5, 5.41) is 10.1. The Labute approximate surface area is 165 Å². The van der Waals surface area contributed by atoms with Crippen LogP contribution in [0.1, 0.15) is 19.4 Å². The van der Waals surface area contributed by atoms with Crippen LogP contribution >= 0.6 is 0 Å². The number of pyridine rings is 1. The van der Waals surface area contributed by atoms with Crippen LogP contribution in [-0.4, -0.2) is 21.7 Å². The van der Waals surface area contributed by atoms with Crippen LogP contribution in [-0.2, 0) is 5.54 Å². The van der Waals surface area contributed by atoms with Crippen LogP contribution in [0.2, 0.25) is 0 Å². The molecule has 0 amide bonds. The minimum atomic E-state index is -0.265. The zero-order valence-corrected chi connectivity index (χ0v) is 16.0. The number of para-hydroxylation sites is 2. The molecule has 1 N–H and O–H groups in total. The van der Waals surface area contributed by atoms with Crippen LogP contribution in [0.3, 0.4) is 0 Å². The first-order valence-corrected chi connectivity index (χ1v) is 9.23. The highest BCUT2D eigenvalue weighted by Crippen LogP contribution is 2.36. The number of aromatic nitrogens is 1. The lowest BCUT2D eigenvalue weighted by atomic mass is 9.92. The van der Waals surface area contributed by atoms with Crippen molar-refractivity contribution in [2.75, 3.05) is 11.6 Å². The zero-order valence-electron chi connectivity index (χ0n) is 16.0. The smallest absolute Gasteiger partial charge is 0.219 e. The fraction of sp³-hybridized carbons (Fsp3) is 0.174. The first-order valence-electron chi connectivity index (χ1n) is 9.23. The van der Waals surface area contributed by atoms with Crippen LogP contribution in [0.15, 0.2) is 85.3 Å². The Hall–Kier alpha value is -3.47. The Morgan fingerprint density at radius 2 is 1.79 bits per heavy atom. The summed E-state index contributed by atoms with van der Waals surface area (Å²) in [5.41, 5.74) is 1.66. The minimum absolute atomic E-state index is 0.265. The van der Waals surface area contributed by atoms with Gasteiger partial charge in [-0.25, -0.2) is 4.98 Å². The van der Waals surface area contributed by atoms with Gasteiger partial charge in [0.1, 0.15) is 11.5 Å². The summed E-state index contributed by atoms with van der Waals surface area (Å²) >= 11 is 0. The van der Waals surface area contributed by atoms with E-state index in [1.54, 1.807) is 12.3 Å². The topological polar surface area (TPSA) is 48.8 Å². The molecule has 142 valence electrons. The quantitative estimate of drug-likeness (QED) is 0.677. The molecule has 5 heteroatoms. The first-order chi connectivity index (χ1) is 13.5. The van der Waals surface area contributed by atoms with Gasteiger partial charge >= 0.3 is 0 Å². The van der Waals surface area contributed by atoms with E-state index >= 15 is 0 Å². The summed E-state index contributed by atoms with van der Waals surface area (Å²) in [6, 6.07) is 21.0. The second-order valence-electron chi connectivity index (χ2n) is 7.22. The first kappa shape index (κ1) is 17.9. The Kier molecular flexibility index (Phi) is 4.65. The van der Waals surface area contributed by atoms with Crippen molar-refractivity contribution in [2.45, 2.75) is 19.4 Å². The highest BCUT2D eigenvalue weighted by Gasteiger charge is 2.31. The molecule has 1 aliphatic heterocycles. The number of nitrogens with zero attached hydrogens (tertiary/aromatic N) is 3. The van der Waals surface area contributed by atoms with E-state index in [2.05, 4.69) is 36.0 Å². The van der Waals surface area contributed by atoms with Gasteiger partial charge in [0.15, 0.2) is 0 Å². The molecule has 0 unspecified atom stereocenters. The third kappa shape index (κ3) is 3.51. The van der Waals surface area contributed by atoms with Crippen LogP contribution in [0.25, 0.3) is 0 Å². The lowest BCUT2D eigenvalue weighted by molar-refractivity contribution is 0.201. The molecule has 3 aromatic rings. The molecule has 1 aliphatic rings. The molecule has 0 radical (unpaired) electrons. The van der Waals surface area contributed by atoms with Crippen molar-refractivity contribution < 1.29 is 9.84 Å². The van der Waals surface area contributed by atoms with E-state index in [0.717, 1.165) is 17.0 Å². The highest BCUT2D eigenvalue weighted by atomic mass is 16.5. The minimum Gasteiger partial charge on any atom is -0.506 e.